The molecule has 1 unspecified atom stereocenters. The molecule has 3 N–H and O–H groups in total. The number of pyridine rings is 1. The summed E-state index contributed by atoms with van der Waals surface area (Å²) in [5.41, 5.74) is 2.24. The lowest BCUT2D eigenvalue weighted by Gasteiger charge is -2.35. The third-order valence-electron chi connectivity index (χ3n) is 12.3. The number of benzene rings is 1. The number of carbonyl (C=O) groups excluding carboxylic acids is 7. The summed E-state index contributed by atoms with van der Waals surface area (Å²) in [4.78, 5) is 99.6. The highest BCUT2D eigenvalue weighted by Crippen LogP contribution is 2.32. The Morgan fingerprint density at radius 1 is 0.778 bits per heavy atom. The van der Waals surface area contributed by atoms with Crippen LogP contribution in [0.3, 0.4) is 0 Å². The third kappa shape index (κ3) is 11.5. The first-order valence-corrected chi connectivity index (χ1v) is 22.3. The second-order valence-corrected chi connectivity index (χ2v) is 16.6. The van der Waals surface area contributed by atoms with E-state index in [1.54, 1.807) is 42.7 Å². The maximum Gasteiger partial charge on any atom is 0.274 e. The van der Waals surface area contributed by atoms with Gasteiger partial charge in [0, 0.05) is 89.4 Å². The number of imide groups is 2. The Hall–Kier alpha value is -6.52. The highest BCUT2D eigenvalue weighted by Gasteiger charge is 2.45. The number of anilines is 2. The molecule has 4 aliphatic heterocycles. The monoisotopic (exact) mass is 860 g/mol. The van der Waals surface area contributed by atoms with E-state index in [1.807, 2.05) is 28.0 Å². The van der Waals surface area contributed by atoms with Gasteiger partial charge in [0.05, 0.1) is 11.1 Å². The lowest BCUT2D eigenvalue weighted by Crippen LogP contribution is -2.54. The van der Waals surface area contributed by atoms with E-state index in [0.717, 1.165) is 68.3 Å². The second kappa shape index (κ2) is 21.5. The van der Waals surface area contributed by atoms with E-state index in [4.69, 9.17) is 0 Å². The van der Waals surface area contributed by atoms with Crippen molar-refractivity contribution in [3.05, 3.63) is 83.3 Å². The number of rotatable bonds is 18. The van der Waals surface area contributed by atoms with Gasteiger partial charge in [-0.2, -0.15) is 0 Å². The Labute approximate surface area is 367 Å². The van der Waals surface area contributed by atoms with Gasteiger partial charge in [-0.25, -0.2) is 0 Å². The van der Waals surface area contributed by atoms with Gasteiger partial charge >= 0.3 is 0 Å². The molecule has 0 spiro atoms. The van der Waals surface area contributed by atoms with E-state index in [1.165, 1.54) is 6.08 Å². The summed E-state index contributed by atoms with van der Waals surface area (Å²) >= 11 is 0. The molecule has 0 saturated carbocycles. The van der Waals surface area contributed by atoms with E-state index in [-0.39, 0.29) is 41.7 Å². The molecule has 0 aliphatic carbocycles. The molecule has 6 heterocycles. The van der Waals surface area contributed by atoms with Crippen molar-refractivity contribution in [2.75, 3.05) is 62.6 Å². The molecule has 0 bridgehead atoms. The average molecular weight is 861 g/mol. The third-order valence-corrected chi connectivity index (χ3v) is 12.3. The molecule has 332 valence electrons. The largest absolute Gasteiger partial charge is 0.384 e. The number of aromatic nitrogens is 3. The quantitative estimate of drug-likeness (QED) is 0.0948. The minimum atomic E-state index is -1.01. The zero-order chi connectivity index (χ0) is 44.1. The van der Waals surface area contributed by atoms with Crippen LogP contribution in [-0.4, -0.2) is 130 Å². The molecular formula is C46H56N10O7. The summed E-state index contributed by atoms with van der Waals surface area (Å²) in [5, 5.41) is 17.1. The van der Waals surface area contributed by atoms with Gasteiger partial charge in [0.15, 0.2) is 11.5 Å². The van der Waals surface area contributed by atoms with Crippen molar-refractivity contribution >= 4 is 58.9 Å². The Morgan fingerprint density at radius 2 is 1.57 bits per heavy atom. The molecule has 3 aromatic rings. The van der Waals surface area contributed by atoms with Crippen molar-refractivity contribution in [1.82, 2.24) is 40.5 Å². The molecule has 1 aromatic carbocycles. The summed E-state index contributed by atoms with van der Waals surface area (Å²) in [7, 11) is 0. The van der Waals surface area contributed by atoms with Gasteiger partial charge in [0.2, 0.25) is 23.6 Å². The van der Waals surface area contributed by atoms with Crippen LogP contribution < -0.4 is 20.9 Å². The van der Waals surface area contributed by atoms with E-state index in [2.05, 4.69) is 36.0 Å². The highest BCUT2D eigenvalue weighted by atomic mass is 16.2. The van der Waals surface area contributed by atoms with Gasteiger partial charge in [0.25, 0.3) is 17.7 Å². The summed E-state index contributed by atoms with van der Waals surface area (Å²) in [5.74, 6) is -0.963. The molecule has 0 radical (unpaired) electrons. The van der Waals surface area contributed by atoms with Crippen LogP contribution in [0.1, 0.15) is 114 Å². The van der Waals surface area contributed by atoms with Gasteiger partial charge < -0.3 is 25.3 Å². The fraction of sp³-hybridized carbons (Fsp3) is 0.478. The fourth-order valence-electron chi connectivity index (χ4n) is 8.65. The van der Waals surface area contributed by atoms with Crippen LogP contribution in [0, 0.1) is 5.92 Å². The molecule has 3 saturated heterocycles. The van der Waals surface area contributed by atoms with Crippen LogP contribution in [0.4, 0.5) is 11.5 Å². The molecule has 4 aliphatic rings. The number of fused-ring (bicyclic) bond motifs is 1. The minimum Gasteiger partial charge on any atom is -0.384 e. The van der Waals surface area contributed by atoms with Crippen molar-refractivity contribution in [1.29, 1.82) is 0 Å². The van der Waals surface area contributed by atoms with Crippen molar-refractivity contribution in [3.8, 4) is 0 Å². The zero-order valence-electron chi connectivity index (χ0n) is 35.6. The highest BCUT2D eigenvalue weighted by molar-refractivity contribution is 6.25. The molecule has 17 heteroatoms. The predicted octanol–water partition coefficient (Wildman–Crippen LogP) is 3.84. The number of carbonyl (C=O) groups is 7. The van der Waals surface area contributed by atoms with Crippen molar-refractivity contribution in [2.45, 2.75) is 83.1 Å². The Morgan fingerprint density at radius 3 is 2.32 bits per heavy atom. The lowest BCUT2D eigenvalue weighted by atomic mass is 9.91. The summed E-state index contributed by atoms with van der Waals surface area (Å²) in [6.45, 7) is 5.02. The molecule has 1 atom stereocenters. The summed E-state index contributed by atoms with van der Waals surface area (Å²) in [6.07, 6.45) is 15.5. The first-order valence-electron chi connectivity index (χ1n) is 22.3. The van der Waals surface area contributed by atoms with Crippen LogP contribution in [-0.2, 0) is 19.2 Å². The number of piperidine rings is 2. The molecular weight excluding hydrogens is 805 g/mol. The molecule has 17 nitrogen and oxygen atoms in total. The number of nitrogens with zero attached hydrogens (tertiary/aromatic N) is 7. The van der Waals surface area contributed by atoms with Gasteiger partial charge in [-0.15, -0.1) is 10.2 Å². The van der Waals surface area contributed by atoms with Crippen LogP contribution in [0.25, 0.3) is 6.08 Å². The Kier molecular flexibility index (Phi) is 15.2. The Bertz CT molecular complexity index is 2170. The fourth-order valence-corrected chi connectivity index (χ4v) is 8.65. The topological polar surface area (TPSA) is 207 Å². The van der Waals surface area contributed by atoms with E-state index in [9.17, 15) is 33.6 Å². The SMILES string of the molecule is O=C(/C=C/c1cccnc1)NCCCCC1CCN(C(=O)c2ccc(N3CCN(C(=O)CCCCCCNc4cccc5c4C(=O)N(C4CCC(=O)NC4=O)C5=O)CC3)nn2)CC1. The number of piperazine rings is 1. The Balaban J connectivity index is 0.734. The van der Waals surface area contributed by atoms with Crippen molar-refractivity contribution < 1.29 is 33.6 Å². The summed E-state index contributed by atoms with van der Waals surface area (Å²) < 4.78 is 0. The summed E-state index contributed by atoms with van der Waals surface area (Å²) in [6, 6.07) is 11.3. The molecule has 7 amide bonds. The van der Waals surface area contributed by atoms with Crippen LogP contribution in [0.5, 0.6) is 0 Å². The predicted molar refractivity (Wildman–Crippen MR) is 234 cm³/mol. The van der Waals surface area contributed by atoms with Gasteiger partial charge in [-0.1, -0.05) is 37.8 Å². The van der Waals surface area contributed by atoms with Gasteiger partial charge in [-0.05, 0) is 86.4 Å². The van der Waals surface area contributed by atoms with E-state index < -0.39 is 29.7 Å². The number of hydrogen-bond donors (Lipinski definition) is 3. The van der Waals surface area contributed by atoms with Gasteiger partial charge in [0.1, 0.15) is 6.04 Å². The number of hydrogen-bond acceptors (Lipinski definition) is 12. The average Bonchev–Trinajstić information content (AvgIpc) is 3.56. The van der Waals surface area contributed by atoms with E-state index in [0.29, 0.717) is 81.9 Å². The standard InChI is InChI=1S/C46H56N10O7/c57-39(18-14-33-10-8-22-47-31-33)49-24-6-4-9-32-20-25-55(26-21-32)45(62)36-15-17-38(52-51-36)53-27-29-54(30-28-53)41(59)13-3-1-2-5-23-48-35-12-7-11-34-42(35)46(63)56(44(34)61)37-16-19-40(58)50-43(37)60/h7-8,10-12,14-15,17-18,22,31-32,37,48H,1-6,9,13,16,19-21,23-30H2,(H,49,57)(H,50,58,60)/b18-14+. The van der Waals surface area contributed by atoms with Crippen LogP contribution in [0.2, 0.25) is 0 Å². The van der Waals surface area contributed by atoms with Crippen LogP contribution >= 0.6 is 0 Å². The number of amides is 7. The second-order valence-electron chi connectivity index (χ2n) is 16.6. The maximum absolute atomic E-state index is 13.3. The number of nitrogens with one attached hydrogen (secondary N) is 3. The first-order chi connectivity index (χ1) is 30.7. The minimum absolute atomic E-state index is 0.0665. The van der Waals surface area contributed by atoms with Crippen molar-refractivity contribution in [3.63, 3.8) is 0 Å². The zero-order valence-corrected chi connectivity index (χ0v) is 35.6. The van der Waals surface area contributed by atoms with E-state index >= 15 is 0 Å². The van der Waals surface area contributed by atoms with Crippen LogP contribution in [0.15, 0.2) is 60.9 Å². The molecule has 7 rings (SSSR count). The first kappa shape index (κ1) is 44.5. The molecule has 63 heavy (non-hydrogen) atoms. The van der Waals surface area contributed by atoms with Crippen molar-refractivity contribution in [2.24, 2.45) is 5.92 Å². The number of unbranched alkanes of at least 4 members (excludes halogenated alkanes) is 4. The lowest BCUT2D eigenvalue weighted by molar-refractivity contribution is -0.136. The molecule has 3 fully saturated rings. The normalized spacial score (nSPS) is 18.2. The number of likely N-dealkylation sites (tertiary alicyclic amines) is 1. The van der Waals surface area contributed by atoms with Gasteiger partial charge in [-0.3, -0.25) is 48.8 Å². The molecule has 2 aromatic heterocycles. The smallest absolute Gasteiger partial charge is 0.274 e. The maximum atomic E-state index is 13.3.